The maximum absolute atomic E-state index is 10.8. The molecule has 1 heterocycles. The number of pyridine rings is 1. The first kappa shape index (κ1) is 12.9. The molecule has 0 fully saturated rings. The summed E-state index contributed by atoms with van der Waals surface area (Å²) in [5.74, 6) is 3.86. The number of rotatable bonds is 1. The smallest absolute Gasteiger partial charge is 0.384 e. The number of aromatic nitrogens is 1. The summed E-state index contributed by atoms with van der Waals surface area (Å²) < 4.78 is 4.32. The number of carbonyl (C=O) groups is 1. The largest absolute Gasteiger partial charge is 0.459 e. The molecule has 88 valence electrons. The van der Waals surface area contributed by atoms with E-state index in [1.54, 1.807) is 6.92 Å². The van der Waals surface area contributed by atoms with Crippen LogP contribution in [0.25, 0.3) is 0 Å². The third-order valence-electron chi connectivity index (χ3n) is 1.83. The van der Waals surface area contributed by atoms with Gasteiger partial charge in [0.05, 0.1) is 23.3 Å². The Morgan fingerprint density at radius 3 is 2.82 bits per heavy atom. The maximum atomic E-state index is 10.8. The van der Waals surface area contributed by atoms with Gasteiger partial charge in [-0.1, -0.05) is 17.5 Å². The molecule has 0 aliphatic rings. The van der Waals surface area contributed by atoms with Gasteiger partial charge < -0.3 is 4.74 Å². The van der Waals surface area contributed by atoms with E-state index in [2.05, 4.69) is 21.6 Å². The van der Waals surface area contributed by atoms with Crippen LogP contribution >= 0.6 is 11.6 Å². The third-order valence-corrected chi connectivity index (χ3v) is 2.11. The molecule has 0 saturated carbocycles. The first-order valence-electron chi connectivity index (χ1n) is 4.37. The molecule has 6 nitrogen and oxygen atoms in total. The highest BCUT2D eigenvalue weighted by Gasteiger charge is 2.16. The number of nitrogens with zero attached hydrogens (tertiary/aromatic N) is 2. The van der Waals surface area contributed by atoms with Gasteiger partial charge in [0.1, 0.15) is 0 Å². The highest BCUT2D eigenvalue weighted by Crippen LogP contribution is 2.24. The predicted octanol–water partition coefficient (Wildman–Crippen LogP) is 1.48. The van der Waals surface area contributed by atoms with Crippen molar-refractivity contribution in [2.24, 2.45) is 0 Å². The van der Waals surface area contributed by atoms with Gasteiger partial charge in [0.2, 0.25) is 5.15 Å². The molecule has 1 rings (SSSR count). The molecule has 0 amide bonds. The molecule has 0 radical (unpaired) electrons. The highest BCUT2D eigenvalue weighted by molar-refractivity contribution is 6.31. The number of ether oxygens (including phenoxy) is 1. The predicted molar refractivity (Wildman–Crippen MR) is 59.5 cm³/mol. The summed E-state index contributed by atoms with van der Waals surface area (Å²) in [6, 6.07) is 1.17. The number of hydrogen-bond donors (Lipinski definition) is 0. The van der Waals surface area contributed by atoms with Crippen LogP contribution in [0, 0.1) is 28.9 Å². The van der Waals surface area contributed by atoms with E-state index in [0.29, 0.717) is 5.69 Å². The average Bonchev–Trinajstić information content (AvgIpc) is 2.26. The van der Waals surface area contributed by atoms with Gasteiger partial charge >= 0.3 is 11.7 Å². The summed E-state index contributed by atoms with van der Waals surface area (Å²) in [5, 5.41) is 10.4. The lowest BCUT2D eigenvalue weighted by atomic mass is 10.2. The molecule has 0 aromatic carbocycles. The number of aryl methyl sites for hydroxylation is 1. The quantitative estimate of drug-likeness (QED) is 0.249. The van der Waals surface area contributed by atoms with Gasteiger partial charge in [-0.2, -0.15) is 0 Å². The van der Waals surface area contributed by atoms with E-state index in [1.165, 1.54) is 13.2 Å². The summed E-state index contributed by atoms with van der Waals surface area (Å²) in [4.78, 5) is 24.5. The second kappa shape index (κ2) is 5.27. The van der Waals surface area contributed by atoms with Crippen molar-refractivity contribution in [2.75, 3.05) is 7.11 Å². The van der Waals surface area contributed by atoms with Gasteiger partial charge in [-0.05, 0) is 6.92 Å². The molecule has 0 spiro atoms. The van der Waals surface area contributed by atoms with Crippen LogP contribution in [-0.2, 0) is 9.53 Å². The second-order valence-corrected chi connectivity index (χ2v) is 3.29. The van der Waals surface area contributed by atoms with Crippen LogP contribution in [0.2, 0.25) is 5.15 Å². The van der Waals surface area contributed by atoms with Crippen molar-refractivity contribution in [1.82, 2.24) is 4.98 Å². The molecule has 0 unspecified atom stereocenters. The topological polar surface area (TPSA) is 82.3 Å². The molecule has 0 N–H and O–H groups in total. The fraction of sp³-hybridized carbons (Fsp3) is 0.200. The van der Waals surface area contributed by atoms with E-state index in [9.17, 15) is 14.9 Å². The van der Waals surface area contributed by atoms with Crippen molar-refractivity contribution >= 4 is 23.3 Å². The Bertz CT molecular complexity index is 545. The van der Waals surface area contributed by atoms with E-state index >= 15 is 0 Å². The summed E-state index contributed by atoms with van der Waals surface area (Å²) >= 11 is 5.59. The van der Waals surface area contributed by atoms with Crippen LogP contribution in [0.15, 0.2) is 6.07 Å². The summed E-state index contributed by atoms with van der Waals surface area (Å²) in [6.07, 6.45) is 0. The van der Waals surface area contributed by atoms with E-state index < -0.39 is 10.9 Å². The Kier molecular flexibility index (Phi) is 4.01. The fourth-order valence-corrected chi connectivity index (χ4v) is 1.24. The van der Waals surface area contributed by atoms with Gasteiger partial charge in [-0.25, -0.2) is 9.78 Å². The zero-order valence-electron chi connectivity index (χ0n) is 8.98. The zero-order chi connectivity index (χ0) is 13.0. The van der Waals surface area contributed by atoms with E-state index in [1.807, 2.05) is 0 Å². The first-order valence-corrected chi connectivity index (χ1v) is 4.75. The first-order chi connectivity index (χ1) is 7.95. The van der Waals surface area contributed by atoms with Crippen LogP contribution in [-0.4, -0.2) is 23.0 Å². The van der Waals surface area contributed by atoms with Crippen molar-refractivity contribution in [3.05, 3.63) is 32.6 Å². The Morgan fingerprint density at radius 2 is 2.29 bits per heavy atom. The van der Waals surface area contributed by atoms with Crippen LogP contribution in [0.3, 0.4) is 0 Å². The number of methoxy groups -OCH3 is 1. The van der Waals surface area contributed by atoms with Crippen molar-refractivity contribution in [1.29, 1.82) is 0 Å². The Morgan fingerprint density at radius 1 is 1.65 bits per heavy atom. The van der Waals surface area contributed by atoms with Gasteiger partial charge in [0.15, 0.2) is 0 Å². The number of carbonyl (C=O) groups excluding carboxylic acids is 1. The van der Waals surface area contributed by atoms with Crippen molar-refractivity contribution < 1.29 is 14.5 Å². The number of nitro groups is 1. The van der Waals surface area contributed by atoms with Crippen LogP contribution in [0.1, 0.15) is 11.3 Å². The zero-order valence-corrected chi connectivity index (χ0v) is 9.74. The molecule has 0 aliphatic heterocycles. The minimum absolute atomic E-state index is 0.212. The monoisotopic (exact) mass is 254 g/mol. The number of hydrogen-bond acceptors (Lipinski definition) is 5. The Balaban J connectivity index is 3.24. The van der Waals surface area contributed by atoms with Gasteiger partial charge in [-0.3, -0.25) is 10.1 Å². The molecule has 0 atom stereocenters. The van der Waals surface area contributed by atoms with E-state index in [0.717, 1.165) is 0 Å². The Labute approximate surface area is 102 Å². The molecular weight excluding hydrogens is 248 g/mol. The summed E-state index contributed by atoms with van der Waals surface area (Å²) in [7, 11) is 1.19. The normalized spacial score (nSPS) is 9.12. The third kappa shape index (κ3) is 3.16. The lowest BCUT2D eigenvalue weighted by Crippen LogP contribution is -1.98. The highest BCUT2D eigenvalue weighted by atomic mass is 35.5. The van der Waals surface area contributed by atoms with E-state index in [4.69, 9.17) is 11.6 Å². The lowest BCUT2D eigenvalue weighted by Gasteiger charge is -1.99. The number of esters is 1. The summed E-state index contributed by atoms with van der Waals surface area (Å²) in [5.41, 5.74) is 0.301. The standard InChI is InChI=1S/C10H7ClN2O4/c1-6-7(3-4-9(14)17-2)5-8(13(15)16)10(11)12-6/h5H,1-2H3. The maximum Gasteiger partial charge on any atom is 0.384 e. The molecule has 0 aliphatic carbocycles. The second-order valence-electron chi connectivity index (χ2n) is 2.93. The molecule has 17 heavy (non-hydrogen) atoms. The minimum Gasteiger partial charge on any atom is -0.459 e. The van der Waals surface area contributed by atoms with E-state index in [-0.39, 0.29) is 16.4 Å². The SMILES string of the molecule is COC(=O)C#Cc1cc([N+](=O)[O-])c(Cl)nc1C. The van der Waals surface area contributed by atoms with Crippen molar-refractivity contribution in [2.45, 2.75) is 6.92 Å². The van der Waals surface area contributed by atoms with Crippen LogP contribution in [0.4, 0.5) is 5.69 Å². The molecule has 0 bridgehead atoms. The van der Waals surface area contributed by atoms with Gasteiger partial charge in [0, 0.05) is 12.0 Å². The molecule has 0 saturated heterocycles. The molecule has 7 heteroatoms. The molecular formula is C10H7ClN2O4. The average molecular weight is 255 g/mol. The van der Waals surface area contributed by atoms with Crippen LogP contribution < -0.4 is 0 Å². The van der Waals surface area contributed by atoms with Crippen LogP contribution in [0.5, 0.6) is 0 Å². The van der Waals surface area contributed by atoms with Crippen molar-refractivity contribution in [3.63, 3.8) is 0 Å². The molecule has 1 aromatic rings. The molecule has 1 aromatic heterocycles. The van der Waals surface area contributed by atoms with Crippen molar-refractivity contribution in [3.8, 4) is 11.8 Å². The fourth-order valence-electron chi connectivity index (χ4n) is 0.989. The van der Waals surface area contributed by atoms with Gasteiger partial charge in [0.25, 0.3) is 0 Å². The van der Waals surface area contributed by atoms with Gasteiger partial charge in [-0.15, -0.1) is 0 Å². The number of halogens is 1. The lowest BCUT2D eigenvalue weighted by molar-refractivity contribution is -0.385. The minimum atomic E-state index is -0.734. The Hall–Kier alpha value is -2.13. The summed E-state index contributed by atoms with van der Waals surface area (Å²) in [6.45, 7) is 1.58.